The molecule has 1 saturated carbocycles. The minimum Gasteiger partial charge on any atom is -0.508 e. The highest BCUT2D eigenvalue weighted by Crippen LogP contribution is 2.32. The van der Waals surface area contributed by atoms with E-state index in [-0.39, 0.29) is 0 Å². The van der Waals surface area contributed by atoms with Crippen molar-refractivity contribution in [3.05, 3.63) is 23.8 Å². The third-order valence-electron chi connectivity index (χ3n) is 4.78. The molecular formula is C19H30O2. The van der Waals surface area contributed by atoms with Crippen LogP contribution in [-0.2, 0) is 6.42 Å². The molecule has 0 saturated heterocycles. The van der Waals surface area contributed by atoms with Gasteiger partial charge in [-0.2, -0.15) is 0 Å². The summed E-state index contributed by atoms with van der Waals surface area (Å²) in [6, 6.07) is 5.80. The average Bonchev–Trinajstić information content (AvgIpc) is 2.48. The molecule has 1 N–H and O–H groups in total. The molecule has 0 amide bonds. The number of hydrogen-bond acceptors (Lipinski definition) is 2. The molecule has 2 nitrogen and oxygen atoms in total. The van der Waals surface area contributed by atoms with Crippen molar-refractivity contribution >= 4 is 0 Å². The summed E-state index contributed by atoms with van der Waals surface area (Å²) in [6.45, 7) is 5.24. The summed E-state index contributed by atoms with van der Waals surface area (Å²) in [5.41, 5.74) is 1.07. The number of benzene rings is 1. The summed E-state index contributed by atoms with van der Waals surface area (Å²) in [5.74, 6) is 2.94. The first-order valence-electron chi connectivity index (χ1n) is 8.63. The Hall–Kier alpha value is -1.18. The summed E-state index contributed by atoms with van der Waals surface area (Å²) in [5, 5.41) is 10.1. The Morgan fingerprint density at radius 2 is 1.95 bits per heavy atom. The fourth-order valence-corrected chi connectivity index (χ4v) is 3.16. The van der Waals surface area contributed by atoms with Crippen LogP contribution >= 0.6 is 0 Å². The maximum Gasteiger partial charge on any atom is 0.122 e. The zero-order chi connectivity index (χ0) is 15.1. The normalized spacial score (nSPS) is 22.2. The van der Waals surface area contributed by atoms with Crippen LogP contribution in [0.1, 0.15) is 64.4 Å². The van der Waals surface area contributed by atoms with Crippen LogP contribution in [-0.4, -0.2) is 11.7 Å². The molecule has 0 spiro atoms. The van der Waals surface area contributed by atoms with Crippen molar-refractivity contribution in [1.29, 1.82) is 0 Å². The van der Waals surface area contributed by atoms with Crippen molar-refractivity contribution in [2.45, 2.75) is 65.2 Å². The lowest BCUT2D eigenvalue weighted by Gasteiger charge is -2.26. The van der Waals surface area contributed by atoms with Gasteiger partial charge < -0.3 is 9.84 Å². The van der Waals surface area contributed by atoms with E-state index < -0.39 is 0 Å². The first kappa shape index (κ1) is 16.2. The van der Waals surface area contributed by atoms with Crippen LogP contribution < -0.4 is 4.74 Å². The Labute approximate surface area is 129 Å². The van der Waals surface area contributed by atoms with Crippen molar-refractivity contribution in [1.82, 2.24) is 0 Å². The lowest BCUT2D eigenvalue weighted by Crippen LogP contribution is -2.12. The highest BCUT2D eigenvalue weighted by Gasteiger charge is 2.18. The predicted molar refractivity (Wildman–Crippen MR) is 88.0 cm³/mol. The monoisotopic (exact) mass is 290 g/mol. The summed E-state index contributed by atoms with van der Waals surface area (Å²) < 4.78 is 5.63. The number of unbranched alkanes of at least 4 members (excludes halogenated alkanes) is 1. The first-order valence-corrected chi connectivity index (χ1v) is 8.63. The number of hydrogen-bond donors (Lipinski definition) is 1. The number of aromatic hydroxyl groups is 1. The molecular weight excluding hydrogens is 260 g/mol. The highest BCUT2D eigenvalue weighted by molar-refractivity contribution is 5.39. The minimum atomic E-state index is 0.396. The van der Waals surface area contributed by atoms with Crippen LogP contribution in [0.15, 0.2) is 18.2 Å². The average molecular weight is 290 g/mol. The summed E-state index contributed by atoms with van der Waals surface area (Å²) in [6.07, 6.45) is 9.85. The zero-order valence-corrected chi connectivity index (χ0v) is 13.6. The number of ether oxygens (including phenoxy) is 1. The molecule has 0 bridgehead atoms. The molecule has 1 fully saturated rings. The largest absolute Gasteiger partial charge is 0.508 e. The van der Waals surface area contributed by atoms with Crippen LogP contribution in [0.25, 0.3) is 0 Å². The van der Waals surface area contributed by atoms with Crippen LogP contribution in [0.3, 0.4) is 0 Å². The Morgan fingerprint density at radius 3 is 2.62 bits per heavy atom. The summed E-state index contributed by atoms with van der Waals surface area (Å²) in [4.78, 5) is 0. The molecule has 0 heterocycles. The van der Waals surface area contributed by atoms with Crippen LogP contribution in [0, 0.1) is 11.8 Å². The molecule has 1 aromatic rings. The van der Waals surface area contributed by atoms with Gasteiger partial charge in [0.1, 0.15) is 11.5 Å². The van der Waals surface area contributed by atoms with Crippen molar-refractivity contribution in [2.75, 3.05) is 6.61 Å². The van der Waals surface area contributed by atoms with Crippen LogP contribution in [0.5, 0.6) is 11.5 Å². The molecule has 0 atom stereocenters. The molecule has 2 heteroatoms. The predicted octanol–water partition coefficient (Wildman–Crippen LogP) is 5.33. The zero-order valence-electron chi connectivity index (χ0n) is 13.6. The molecule has 0 aliphatic heterocycles. The van der Waals surface area contributed by atoms with Crippen LogP contribution in [0.2, 0.25) is 0 Å². The molecule has 0 radical (unpaired) electrons. The summed E-state index contributed by atoms with van der Waals surface area (Å²) >= 11 is 0. The van der Waals surface area contributed by atoms with Gasteiger partial charge in [-0.05, 0) is 42.7 Å². The molecule has 21 heavy (non-hydrogen) atoms. The van der Waals surface area contributed by atoms with Gasteiger partial charge in [0.2, 0.25) is 0 Å². The highest BCUT2D eigenvalue weighted by atomic mass is 16.5. The molecule has 1 aromatic carbocycles. The Morgan fingerprint density at radius 1 is 1.19 bits per heavy atom. The molecule has 0 aromatic heterocycles. The van der Waals surface area contributed by atoms with Gasteiger partial charge in [0, 0.05) is 6.07 Å². The van der Waals surface area contributed by atoms with Crippen LogP contribution in [0.4, 0.5) is 0 Å². The van der Waals surface area contributed by atoms with Gasteiger partial charge in [-0.3, -0.25) is 0 Å². The second kappa shape index (κ2) is 8.31. The SMILES string of the molecule is CCCCOc1ccc(CCC2CCC(C)CC2)c(O)c1. The second-order valence-corrected chi connectivity index (χ2v) is 6.66. The lowest BCUT2D eigenvalue weighted by molar-refractivity contribution is 0.277. The number of phenolic OH excluding ortho intramolecular Hbond substituents is 1. The van der Waals surface area contributed by atoms with E-state index in [0.29, 0.717) is 5.75 Å². The Balaban J connectivity index is 1.80. The number of aryl methyl sites for hydroxylation is 1. The van der Waals surface area contributed by atoms with Gasteiger partial charge in [0.05, 0.1) is 6.61 Å². The second-order valence-electron chi connectivity index (χ2n) is 6.66. The van der Waals surface area contributed by atoms with Gasteiger partial charge in [-0.25, -0.2) is 0 Å². The number of phenols is 1. The maximum absolute atomic E-state index is 10.1. The van der Waals surface area contributed by atoms with E-state index in [1.165, 1.54) is 32.1 Å². The van der Waals surface area contributed by atoms with Crippen molar-refractivity contribution < 1.29 is 9.84 Å². The molecule has 0 unspecified atom stereocenters. The molecule has 1 aliphatic carbocycles. The fraction of sp³-hybridized carbons (Fsp3) is 0.684. The number of rotatable bonds is 7. The van der Waals surface area contributed by atoms with E-state index in [1.807, 2.05) is 12.1 Å². The van der Waals surface area contributed by atoms with E-state index in [9.17, 15) is 5.11 Å². The topological polar surface area (TPSA) is 29.5 Å². The molecule has 118 valence electrons. The van der Waals surface area contributed by atoms with Crippen molar-refractivity contribution in [3.63, 3.8) is 0 Å². The quantitative estimate of drug-likeness (QED) is 0.688. The molecule has 1 aliphatic rings. The van der Waals surface area contributed by atoms with E-state index in [0.717, 1.165) is 49.0 Å². The van der Waals surface area contributed by atoms with Crippen molar-refractivity contribution in [3.8, 4) is 11.5 Å². The van der Waals surface area contributed by atoms with Gasteiger partial charge in [-0.1, -0.05) is 52.0 Å². The summed E-state index contributed by atoms with van der Waals surface area (Å²) in [7, 11) is 0. The van der Waals surface area contributed by atoms with Crippen molar-refractivity contribution in [2.24, 2.45) is 11.8 Å². The van der Waals surface area contributed by atoms with E-state index in [4.69, 9.17) is 4.74 Å². The first-order chi connectivity index (χ1) is 10.2. The van der Waals surface area contributed by atoms with Gasteiger partial charge in [0.15, 0.2) is 0 Å². The van der Waals surface area contributed by atoms with Gasteiger partial charge >= 0.3 is 0 Å². The smallest absolute Gasteiger partial charge is 0.122 e. The maximum atomic E-state index is 10.1. The minimum absolute atomic E-state index is 0.396. The van der Waals surface area contributed by atoms with Gasteiger partial charge in [0.25, 0.3) is 0 Å². The van der Waals surface area contributed by atoms with E-state index in [1.54, 1.807) is 6.07 Å². The fourth-order valence-electron chi connectivity index (χ4n) is 3.16. The standard InChI is InChI=1S/C19H30O2/c1-3-4-13-21-18-12-11-17(19(20)14-18)10-9-16-7-5-15(2)6-8-16/h11-12,14-16,20H,3-10,13H2,1-2H3. The lowest BCUT2D eigenvalue weighted by atomic mass is 9.80. The Kier molecular flexibility index (Phi) is 6.41. The third-order valence-corrected chi connectivity index (χ3v) is 4.78. The third kappa shape index (κ3) is 5.26. The van der Waals surface area contributed by atoms with E-state index in [2.05, 4.69) is 13.8 Å². The van der Waals surface area contributed by atoms with Gasteiger partial charge in [-0.15, -0.1) is 0 Å². The molecule has 2 rings (SSSR count). The Bertz CT molecular complexity index is 420. The van der Waals surface area contributed by atoms with E-state index >= 15 is 0 Å².